The van der Waals surface area contributed by atoms with Crippen LogP contribution in [0.3, 0.4) is 0 Å². The van der Waals surface area contributed by atoms with Crippen LogP contribution in [-0.2, 0) is 13.0 Å². The van der Waals surface area contributed by atoms with Crippen molar-refractivity contribution < 1.29 is 5.11 Å². The lowest BCUT2D eigenvalue weighted by Crippen LogP contribution is -2.28. The Bertz CT molecular complexity index is 279. The van der Waals surface area contributed by atoms with Crippen molar-refractivity contribution in [2.75, 3.05) is 13.1 Å². The van der Waals surface area contributed by atoms with Crippen LogP contribution in [-0.4, -0.2) is 28.4 Å². The summed E-state index contributed by atoms with van der Waals surface area (Å²) < 4.78 is 0. The highest BCUT2D eigenvalue weighted by Gasteiger charge is 2.14. The lowest BCUT2D eigenvalue weighted by atomic mass is 9.93. The summed E-state index contributed by atoms with van der Waals surface area (Å²) in [5.41, 5.74) is 1.90. The van der Waals surface area contributed by atoms with E-state index in [4.69, 9.17) is 5.11 Å². The highest BCUT2D eigenvalue weighted by Crippen LogP contribution is 2.17. The molecule has 0 bridgehead atoms. The van der Waals surface area contributed by atoms with Crippen LogP contribution >= 0.6 is 0 Å². The van der Waals surface area contributed by atoms with Gasteiger partial charge < -0.3 is 10.4 Å². The maximum absolute atomic E-state index is 8.88. The maximum atomic E-state index is 8.88. The lowest BCUT2D eigenvalue weighted by molar-refractivity contribution is 0.276. The second kappa shape index (κ2) is 4.57. The zero-order chi connectivity index (χ0) is 9.80. The van der Waals surface area contributed by atoms with Gasteiger partial charge >= 0.3 is 0 Å². The Morgan fingerprint density at radius 2 is 2.21 bits per heavy atom. The van der Waals surface area contributed by atoms with Crippen molar-refractivity contribution in [3.05, 3.63) is 17.5 Å². The topological polar surface area (TPSA) is 60.9 Å². The van der Waals surface area contributed by atoms with E-state index in [0.717, 1.165) is 36.8 Å². The molecule has 0 aromatic carbocycles. The third-order valence-electron chi connectivity index (χ3n) is 2.81. The predicted molar refractivity (Wildman–Crippen MR) is 53.8 cm³/mol. The Labute approximate surface area is 83.7 Å². The van der Waals surface area contributed by atoms with Gasteiger partial charge in [0.25, 0.3) is 0 Å². The standard InChI is InChI=1S/C10H17N3O/c14-7-10-6-9(12-13-10)5-8-1-3-11-4-2-8/h6,8,11,14H,1-5,7H2,(H,12,13). The van der Waals surface area contributed by atoms with Gasteiger partial charge in [0.05, 0.1) is 18.0 Å². The van der Waals surface area contributed by atoms with Crippen molar-refractivity contribution in [2.45, 2.75) is 25.9 Å². The van der Waals surface area contributed by atoms with E-state index in [-0.39, 0.29) is 6.61 Å². The number of nitrogens with one attached hydrogen (secondary N) is 2. The van der Waals surface area contributed by atoms with E-state index >= 15 is 0 Å². The number of piperidine rings is 1. The molecule has 2 heterocycles. The fraction of sp³-hybridized carbons (Fsp3) is 0.700. The molecule has 1 aromatic heterocycles. The van der Waals surface area contributed by atoms with Gasteiger partial charge in [-0.2, -0.15) is 5.10 Å². The van der Waals surface area contributed by atoms with E-state index in [0.29, 0.717) is 0 Å². The molecule has 1 saturated heterocycles. The summed E-state index contributed by atoms with van der Waals surface area (Å²) >= 11 is 0. The predicted octanol–water partition coefficient (Wildman–Crippen LogP) is 0.444. The van der Waals surface area contributed by atoms with Crippen LogP contribution in [0.25, 0.3) is 0 Å². The molecule has 14 heavy (non-hydrogen) atoms. The van der Waals surface area contributed by atoms with Gasteiger partial charge in [0.2, 0.25) is 0 Å². The normalized spacial score (nSPS) is 18.6. The summed E-state index contributed by atoms with van der Waals surface area (Å²) in [6, 6.07) is 1.96. The van der Waals surface area contributed by atoms with Gasteiger partial charge in [-0.15, -0.1) is 0 Å². The van der Waals surface area contributed by atoms with E-state index in [1.54, 1.807) is 0 Å². The number of aliphatic hydroxyl groups excluding tert-OH is 1. The molecule has 0 spiro atoms. The largest absolute Gasteiger partial charge is 0.390 e. The van der Waals surface area contributed by atoms with Crippen LogP contribution in [0.2, 0.25) is 0 Å². The smallest absolute Gasteiger partial charge is 0.0847 e. The molecule has 1 fully saturated rings. The number of nitrogens with zero attached hydrogens (tertiary/aromatic N) is 1. The van der Waals surface area contributed by atoms with Gasteiger partial charge in [-0.1, -0.05) is 0 Å². The first kappa shape index (κ1) is 9.68. The van der Waals surface area contributed by atoms with Gasteiger partial charge in [0.1, 0.15) is 0 Å². The van der Waals surface area contributed by atoms with E-state index in [1.165, 1.54) is 12.8 Å². The van der Waals surface area contributed by atoms with Crippen molar-refractivity contribution in [1.29, 1.82) is 0 Å². The molecule has 1 aliphatic rings. The van der Waals surface area contributed by atoms with Crippen molar-refractivity contribution in [1.82, 2.24) is 15.5 Å². The Balaban J connectivity index is 1.89. The first-order valence-corrected chi connectivity index (χ1v) is 5.23. The number of aliphatic hydroxyl groups is 1. The van der Waals surface area contributed by atoms with Crippen LogP contribution in [0.4, 0.5) is 0 Å². The molecular formula is C10H17N3O. The zero-order valence-corrected chi connectivity index (χ0v) is 8.29. The molecule has 4 heteroatoms. The summed E-state index contributed by atoms with van der Waals surface area (Å²) in [4.78, 5) is 0. The number of hydrogen-bond acceptors (Lipinski definition) is 3. The molecular weight excluding hydrogens is 178 g/mol. The SMILES string of the molecule is OCc1cc(CC2CCNCC2)n[nH]1. The van der Waals surface area contributed by atoms with Crippen LogP contribution in [0.15, 0.2) is 6.07 Å². The molecule has 0 saturated carbocycles. The van der Waals surface area contributed by atoms with Crippen molar-refractivity contribution in [2.24, 2.45) is 5.92 Å². The third kappa shape index (κ3) is 2.33. The van der Waals surface area contributed by atoms with E-state index in [2.05, 4.69) is 15.5 Å². The molecule has 1 aliphatic heterocycles. The average Bonchev–Trinajstić information content (AvgIpc) is 2.67. The van der Waals surface area contributed by atoms with Gasteiger partial charge in [0, 0.05) is 0 Å². The molecule has 3 N–H and O–H groups in total. The molecule has 0 radical (unpaired) electrons. The van der Waals surface area contributed by atoms with Crippen LogP contribution in [0, 0.1) is 5.92 Å². The Morgan fingerprint density at radius 1 is 1.43 bits per heavy atom. The molecule has 0 unspecified atom stereocenters. The third-order valence-corrected chi connectivity index (χ3v) is 2.81. The maximum Gasteiger partial charge on any atom is 0.0847 e. The number of aromatic nitrogens is 2. The number of aromatic amines is 1. The molecule has 78 valence electrons. The second-order valence-corrected chi connectivity index (χ2v) is 3.94. The van der Waals surface area contributed by atoms with Crippen LogP contribution in [0.1, 0.15) is 24.2 Å². The Morgan fingerprint density at radius 3 is 2.86 bits per heavy atom. The molecule has 0 atom stereocenters. The first-order valence-electron chi connectivity index (χ1n) is 5.23. The summed E-state index contributed by atoms with van der Waals surface area (Å²) in [6.45, 7) is 2.31. The van der Waals surface area contributed by atoms with Gasteiger partial charge in [-0.05, 0) is 44.3 Å². The van der Waals surface area contributed by atoms with Gasteiger partial charge in [-0.25, -0.2) is 0 Å². The van der Waals surface area contributed by atoms with Gasteiger partial charge in [0.15, 0.2) is 0 Å². The average molecular weight is 195 g/mol. The summed E-state index contributed by atoms with van der Waals surface area (Å²) in [6.07, 6.45) is 3.51. The van der Waals surface area contributed by atoms with E-state index in [1.807, 2.05) is 6.07 Å². The van der Waals surface area contributed by atoms with Crippen molar-refractivity contribution in [3.63, 3.8) is 0 Å². The fourth-order valence-corrected chi connectivity index (χ4v) is 1.98. The number of H-pyrrole nitrogens is 1. The lowest BCUT2D eigenvalue weighted by Gasteiger charge is -2.21. The minimum atomic E-state index is 0.0548. The minimum Gasteiger partial charge on any atom is -0.390 e. The molecule has 4 nitrogen and oxygen atoms in total. The number of hydrogen-bond donors (Lipinski definition) is 3. The molecule has 0 aliphatic carbocycles. The second-order valence-electron chi connectivity index (χ2n) is 3.94. The van der Waals surface area contributed by atoms with E-state index in [9.17, 15) is 0 Å². The quantitative estimate of drug-likeness (QED) is 0.656. The van der Waals surface area contributed by atoms with E-state index < -0.39 is 0 Å². The molecule has 0 amide bonds. The highest BCUT2D eigenvalue weighted by atomic mass is 16.3. The zero-order valence-electron chi connectivity index (χ0n) is 8.29. The van der Waals surface area contributed by atoms with Crippen LogP contribution in [0.5, 0.6) is 0 Å². The summed E-state index contributed by atoms with van der Waals surface area (Å²) in [5, 5.41) is 19.2. The summed E-state index contributed by atoms with van der Waals surface area (Å²) in [7, 11) is 0. The number of rotatable bonds is 3. The minimum absolute atomic E-state index is 0.0548. The Hall–Kier alpha value is -0.870. The Kier molecular flexibility index (Phi) is 3.16. The molecule has 2 rings (SSSR count). The highest BCUT2D eigenvalue weighted by molar-refractivity contribution is 5.08. The summed E-state index contributed by atoms with van der Waals surface area (Å²) in [5.74, 6) is 0.756. The molecule has 1 aromatic rings. The van der Waals surface area contributed by atoms with Crippen LogP contribution < -0.4 is 5.32 Å². The first-order chi connectivity index (χ1) is 6.88. The fourth-order valence-electron chi connectivity index (χ4n) is 1.98. The van der Waals surface area contributed by atoms with Crippen molar-refractivity contribution in [3.8, 4) is 0 Å². The van der Waals surface area contributed by atoms with Crippen molar-refractivity contribution >= 4 is 0 Å². The monoisotopic (exact) mass is 195 g/mol. The van der Waals surface area contributed by atoms with Gasteiger partial charge in [-0.3, -0.25) is 5.10 Å².